The SMILES string of the molecule is COc1ccc(NC(=O)Cc2cccc(Br)c2)cc1Cl. The first-order chi connectivity index (χ1) is 9.58. The fraction of sp³-hybridized carbons (Fsp3) is 0.133. The minimum Gasteiger partial charge on any atom is -0.495 e. The molecule has 0 saturated heterocycles. The molecule has 2 aromatic carbocycles. The molecule has 1 amide bonds. The number of rotatable bonds is 4. The Morgan fingerprint density at radius 3 is 2.75 bits per heavy atom. The third kappa shape index (κ3) is 3.99. The highest BCUT2D eigenvalue weighted by molar-refractivity contribution is 9.10. The molecule has 0 heterocycles. The quantitative estimate of drug-likeness (QED) is 0.889. The molecule has 0 aliphatic rings. The molecule has 2 aromatic rings. The Morgan fingerprint density at radius 2 is 2.10 bits per heavy atom. The van der Waals surface area contributed by atoms with Gasteiger partial charge in [0.25, 0.3) is 0 Å². The summed E-state index contributed by atoms with van der Waals surface area (Å²) in [5, 5.41) is 3.27. The molecule has 5 heteroatoms. The summed E-state index contributed by atoms with van der Waals surface area (Å²) in [6, 6.07) is 12.8. The summed E-state index contributed by atoms with van der Waals surface area (Å²) < 4.78 is 6.02. The number of ether oxygens (including phenoxy) is 1. The Morgan fingerprint density at radius 1 is 1.30 bits per heavy atom. The third-order valence-corrected chi connectivity index (χ3v) is 3.48. The first-order valence-corrected chi connectivity index (χ1v) is 7.13. The fourth-order valence-corrected chi connectivity index (χ4v) is 2.49. The summed E-state index contributed by atoms with van der Waals surface area (Å²) in [6.07, 6.45) is 0.309. The Balaban J connectivity index is 2.03. The molecule has 0 atom stereocenters. The van der Waals surface area contributed by atoms with Crippen LogP contribution in [0.4, 0.5) is 5.69 Å². The number of carbonyl (C=O) groups is 1. The molecule has 104 valence electrons. The van der Waals surface area contributed by atoms with Crippen molar-refractivity contribution in [2.45, 2.75) is 6.42 Å². The minimum absolute atomic E-state index is 0.0932. The summed E-state index contributed by atoms with van der Waals surface area (Å²) in [5.41, 5.74) is 1.59. The van der Waals surface area contributed by atoms with Crippen LogP contribution in [0.5, 0.6) is 5.75 Å². The molecule has 0 spiro atoms. The van der Waals surface area contributed by atoms with Gasteiger partial charge >= 0.3 is 0 Å². The zero-order valence-corrected chi connectivity index (χ0v) is 13.2. The van der Waals surface area contributed by atoms with Crippen molar-refractivity contribution in [3.63, 3.8) is 0 Å². The molecule has 2 rings (SSSR count). The van der Waals surface area contributed by atoms with Crippen LogP contribution in [0, 0.1) is 0 Å². The van der Waals surface area contributed by atoms with Crippen molar-refractivity contribution in [3.05, 3.63) is 57.5 Å². The van der Waals surface area contributed by atoms with Gasteiger partial charge in [0.15, 0.2) is 0 Å². The van der Waals surface area contributed by atoms with Crippen molar-refractivity contribution in [1.29, 1.82) is 0 Å². The van der Waals surface area contributed by atoms with Gasteiger partial charge in [-0.2, -0.15) is 0 Å². The summed E-state index contributed by atoms with van der Waals surface area (Å²) in [5.74, 6) is 0.487. The Hall–Kier alpha value is -1.52. The lowest BCUT2D eigenvalue weighted by molar-refractivity contribution is -0.115. The molecule has 0 unspecified atom stereocenters. The zero-order valence-electron chi connectivity index (χ0n) is 10.8. The molecule has 3 nitrogen and oxygen atoms in total. The van der Waals surface area contributed by atoms with Crippen LogP contribution in [-0.4, -0.2) is 13.0 Å². The van der Waals surface area contributed by atoms with E-state index in [2.05, 4.69) is 21.2 Å². The topological polar surface area (TPSA) is 38.3 Å². The lowest BCUT2D eigenvalue weighted by Crippen LogP contribution is -2.14. The Kier molecular flexibility index (Phi) is 5.04. The van der Waals surface area contributed by atoms with Crippen LogP contribution in [0.2, 0.25) is 5.02 Å². The summed E-state index contributed by atoms with van der Waals surface area (Å²) >= 11 is 9.39. The predicted octanol–water partition coefficient (Wildman–Crippen LogP) is 4.29. The maximum atomic E-state index is 12.0. The molecule has 0 aliphatic carbocycles. The van der Waals surface area contributed by atoms with Crippen molar-refractivity contribution >= 4 is 39.1 Å². The lowest BCUT2D eigenvalue weighted by Gasteiger charge is -2.08. The van der Waals surface area contributed by atoms with Crippen LogP contribution in [0.3, 0.4) is 0 Å². The molecular formula is C15H13BrClNO2. The van der Waals surface area contributed by atoms with Crippen LogP contribution in [0.1, 0.15) is 5.56 Å². The van der Waals surface area contributed by atoms with E-state index in [0.717, 1.165) is 10.0 Å². The zero-order chi connectivity index (χ0) is 14.5. The van der Waals surface area contributed by atoms with Crippen molar-refractivity contribution < 1.29 is 9.53 Å². The maximum absolute atomic E-state index is 12.0. The Bertz CT molecular complexity index is 631. The highest BCUT2D eigenvalue weighted by atomic mass is 79.9. The van der Waals surface area contributed by atoms with E-state index in [1.807, 2.05) is 24.3 Å². The molecule has 0 aliphatic heterocycles. The van der Waals surface area contributed by atoms with Crippen LogP contribution in [0.15, 0.2) is 46.9 Å². The molecule has 1 N–H and O–H groups in total. The van der Waals surface area contributed by atoms with E-state index >= 15 is 0 Å². The van der Waals surface area contributed by atoms with Gasteiger partial charge in [0.05, 0.1) is 18.6 Å². The molecular weight excluding hydrogens is 342 g/mol. The van der Waals surface area contributed by atoms with E-state index < -0.39 is 0 Å². The summed E-state index contributed by atoms with van der Waals surface area (Å²) in [7, 11) is 1.55. The van der Waals surface area contributed by atoms with E-state index in [1.54, 1.807) is 25.3 Å². The number of amides is 1. The van der Waals surface area contributed by atoms with Gasteiger partial charge < -0.3 is 10.1 Å². The number of halogens is 2. The average Bonchev–Trinajstić information content (AvgIpc) is 2.38. The van der Waals surface area contributed by atoms with E-state index in [9.17, 15) is 4.79 Å². The second kappa shape index (κ2) is 6.77. The predicted molar refractivity (Wildman–Crippen MR) is 84.5 cm³/mol. The number of hydrogen-bond donors (Lipinski definition) is 1. The van der Waals surface area contributed by atoms with Crippen molar-refractivity contribution in [2.75, 3.05) is 12.4 Å². The molecule has 0 fully saturated rings. The van der Waals surface area contributed by atoms with Gasteiger partial charge in [-0.1, -0.05) is 39.7 Å². The van der Waals surface area contributed by atoms with Gasteiger partial charge in [0.1, 0.15) is 5.75 Å². The smallest absolute Gasteiger partial charge is 0.228 e. The molecule has 0 saturated carbocycles. The van der Waals surface area contributed by atoms with Gasteiger partial charge in [0, 0.05) is 10.2 Å². The summed E-state index contributed by atoms with van der Waals surface area (Å²) in [4.78, 5) is 12.0. The fourth-order valence-electron chi connectivity index (χ4n) is 1.78. The number of benzene rings is 2. The third-order valence-electron chi connectivity index (χ3n) is 2.69. The van der Waals surface area contributed by atoms with E-state index in [1.165, 1.54) is 0 Å². The van der Waals surface area contributed by atoms with Gasteiger partial charge in [-0.15, -0.1) is 0 Å². The van der Waals surface area contributed by atoms with Crippen molar-refractivity contribution in [2.24, 2.45) is 0 Å². The van der Waals surface area contributed by atoms with Crippen molar-refractivity contribution in [3.8, 4) is 5.75 Å². The van der Waals surface area contributed by atoms with Gasteiger partial charge in [-0.05, 0) is 35.9 Å². The largest absolute Gasteiger partial charge is 0.495 e. The normalized spacial score (nSPS) is 10.2. The molecule has 0 aromatic heterocycles. The first kappa shape index (κ1) is 14.9. The summed E-state index contributed by atoms with van der Waals surface area (Å²) in [6.45, 7) is 0. The highest BCUT2D eigenvalue weighted by Gasteiger charge is 2.07. The number of nitrogens with one attached hydrogen (secondary N) is 1. The number of methoxy groups -OCH3 is 1. The van der Waals surface area contributed by atoms with E-state index in [4.69, 9.17) is 16.3 Å². The van der Waals surface area contributed by atoms with Crippen molar-refractivity contribution in [1.82, 2.24) is 0 Å². The molecule has 20 heavy (non-hydrogen) atoms. The van der Waals surface area contributed by atoms with E-state index in [0.29, 0.717) is 22.9 Å². The highest BCUT2D eigenvalue weighted by Crippen LogP contribution is 2.27. The van der Waals surface area contributed by atoms with Crippen LogP contribution >= 0.6 is 27.5 Å². The number of carbonyl (C=O) groups excluding carboxylic acids is 1. The monoisotopic (exact) mass is 353 g/mol. The number of anilines is 1. The van der Waals surface area contributed by atoms with Gasteiger partial charge in [-0.25, -0.2) is 0 Å². The van der Waals surface area contributed by atoms with Gasteiger partial charge in [0.2, 0.25) is 5.91 Å². The molecule has 0 bridgehead atoms. The van der Waals surface area contributed by atoms with Gasteiger partial charge in [-0.3, -0.25) is 4.79 Å². The Labute approximate surface area is 131 Å². The van der Waals surface area contributed by atoms with Crippen LogP contribution in [0.25, 0.3) is 0 Å². The first-order valence-electron chi connectivity index (χ1n) is 5.96. The second-order valence-electron chi connectivity index (χ2n) is 4.20. The lowest BCUT2D eigenvalue weighted by atomic mass is 10.1. The minimum atomic E-state index is -0.0932. The van der Waals surface area contributed by atoms with Crippen LogP contribution in [-0.2, 0) is 11.2 Å². The average molecular weight is 355 g/mol. The molecule has 0 radical (unpaired) electrons. The maximum Gasteiger partial charge on any atom is 0.228 e. The van der Waals surface area contributed by atoms with Crippen LogP contribution < -0.4 is 10.1 Å². The van der Waals surface area contributed by atoms with E-state index in [-0.39, 0.29) is 5.91 Å². The number of hydrogen-bond acceptors (Lipinski definition) is 2. The second-order valence-corrected chi connectivity index (χ2v) is 5.53. The standard InChI is InChI=1S/C15H13BrClNO2/c1-20-14-6-5-12(9-13(14)17)18-15(19)8-10-3-2-4-11(16)7-10/h2-7,9H,8H2,1H3,(H,18,19).